The van der Waals surface area contributed by atoms with Crippen LogP contribution in [0.1, 0.15) is 81.0 Å². The molecule has 0 atom stereocenters. The Hall–Kier alpha value is -1.50. The summed E-state index contributed by atoms with van der Waals surface area (Å²) in [5.41, 5.74) is 3.66. The lowest BCUT2D eigenvalue weighted by Gasteiger charge is -2.32. The fourth-order valence-corrected chi connectivity index (χ4v) is 6.53. The van der Waals surface area contributed by atoms with Crippen molar-refractivity contribution < 1.29 is 13.2 Å². The van der Waals surface area contributed by atoms with Gasteiger partial charge in [-0.2, -0.15) is 0 Å². The zero-order valence-electron chi connectivity index (χ0n) is 19.3. The predicted octanol–water partition coefficient (Wildman–Crippen LogP) is 5.67. The molecule has 0 amide bonds. The van der Waals surface area contributed by atoms with Gasteiger partial charge in [0.1, 0.15) is 9.99 Å². The third kappa shape index (κ3) is 5.04. The first-order valence-electron chi connectivity index (χ1n) is 10.5. The number of carbonyl (C=O) groups excluding carboxylic acids is 1. The van der Waals surface area contributed by atoms with E-state index in [1.165, 1.54) is 28.0 Å². The summed E-state index contributed by atoms with van der Waals surface area (Å²) in [6.07, 6.45) is 2.99. The summed E-state index contributed by atoms with van der Waals surface area (Å²) in [5, 5.41) is 5.42. The monoisotopic (exact) mass is 449 g/mol. The molecular formula is C24H35NO3S2. The number of nitrogens with two attached hydrogens (primary N) is 1. The van der Waals surface area contributed by atoms with Crippen molar-refractivity contribution in [2.24, 2.45) is 10.6 Å². The van der Waals surface area contributed by atoms with Gasteiger partial charge in [0.25, 0.3) is 0 Å². The minimum Gasteiger partial charge on any atom is -0.299 e. The Labute approximate surface area is 186 Å². The van der Waals surface area contributed by atoms with Crippen LogP contribution < -0.4 is 5.14 Å². The van der Waals surface area contributed by atoms with Gasteiger partial charge >= 0.3 is 0 Å². The molecule has 0 aliphatic heterocycles. The number of carbonyl (C=O) groups is 1. The van der Waals surface area contributed by atoms with Crippen LogP contribution in [0.2, 0.25) is 0 Å². The quantitative estimate of drug-likeness (QED) is 0.564. The Balaban J connectivity index is 2.44. The fraction of sp³-hybridized carbons (Fsp3) is 0.542. The third-order valence-electron chi connectivity index (χ3n) is 6.16. The van der Waals surface area contributed by atoms with Crippen LogP contribution in [0, 0.1) is 19.3 Å². The average Bonchev–Trinajstić information content (AvgIpc) is 3.04. The number of rotatable bonds is 8. The SMILES string of the molecule is CCC(CC)(c1ccc(CCC(=O)C(C)(C)C)c(C)c1)c1cc(C)c(S(N)(=O)=O)s1. The minimum absolute atomic E-state index is 0.248. The van der Waals surface area contributed by atoms with Crippen molar-refractivity contribution in [3.8, 4) is 0 Å². The van der Waals surface area contributed by atoms with Gasteiger partial charge < -0.3 is 0 Å². The lowest BCUT2D eigenvalue weighted by atomic mass is 9.73. The minimum atomic E-state index is -3.73. The Kier molecular flexibility index (Phi) is 7.37. The summed E-state index contributed by atoms with van der Waals surface area (Å²) in [5.74, 6) is 0.270. The first-order valence-corrected chi connectivity index (χ1v) is 12.9. The molecule has 0 unspecified atom stereocenters. The van der Waals surface area contributed by atoms with Crippen LogP contribution in [0.25, 0.3) is 0 Å². The number of benzene rings is 1. The highest BCUT2D eigenvalue weighted by molar-refractivity contribution is 7.91. The normalized spacial score (nSPS) is 12.9. The molecule has 2 aromatic rings. The number of aryl methyl sites for hydroxylation is 3. The molecule has 6 heteroatoms. The van der Waals surface area contributed by atoms with E-state index in [-0.39, 0.29) is 20.8 Å². The summed E-state index contributed by atoms with van der Waals surface area (Å²) < 4.78 is 24.2. The van der Waals surface area contributed by atoms with Gasteiger partial charge in [0.2, 0.25) is 10.0 Å². The van der Waals surface area contributed by atoms with Crippen LogP contribution in [0.3, 0.4) is 0 Å². The highest BCUT2D eigenvalue weighted by atomic mass is 32.2. The van der Waals surface area contributed by atoms with E-state index >= 15 is 0 Å². The number of hydrogen-bond donors (Lipinski definition) is 1. The zero-order valence-corrected chi connectivity index (χ0v) is 20.9. The maximum Gasteiger partial charge on any atom is 0.247 e. The van der Waals surface area contributed by atoms with Gasteiger partial charge in [-0.1, -0.05) is 52.8 Å². The number of hydrogen-bond acceptors (Lipinski definition) is 4. The molecule has 1 heterocycles. The maximum absolute atomic E-state index is 12.3. The van der Waals surface area contributed by atoms with E-state index in [1.54, 1.807) is 6.92 Å². The number of Topliss-reactive ketones (excluding diaryl/α,β-unsaturated/α-hetero) is 1. The first kappa shape index (κ1) is 24.8. The molecule has 0 fully saturated rings. The summed E-state index contributed by atoms with van der Waals surface area (Å²) in [6, 6.07) is 8.45. The Bertz CT molecular complexity index is 1020. The van der Waals surface area contributed by atoms with Crippen molar-refractivity contribution in [3.63, 3.8) is 0 Å². The van der Waals surface area contributed by atoms with Gasteiger partial charge in [-0.25, -0.2) is 13.6 Å². The lowest BCUT2D eigenvalue weighted by molar-refractivity contribution is -0.126. The molecule has 0 saturated carbocycles. The Morgan fingerprint density at radius 3 is 2.07 bits per heavy atom. The molecule has 0 bridgehead atoms. The molecule has 166 valence electrons. The van der Waals surface area contributed by atoms with Crippen LogP contribution in [0.15, 0.2) is 28.5 Å². The molecule has 1 aromatic carbocycles. The molecule has 0 spiro atoms. The molecular weight excluding hydrogens is 414 g/mol. The number of ketones is 1. The van der Waals surface area contributed by atoms with Crippen LogP contribution >= 0.6 is 11.3 Å². The van der Waals surface area contributed by atoms with Crippen molar-refractivity contribution >= 4 is 27.1 Å². The van der Waals surface area contributed by atoms with Gasteiger partial charge in [0.05, 0.1) is 0 Å². The van der Waals surface area contributed by atoms with Crippen molar-refractivity contribution in [2.75, 3.05) is 0 Å². The summed E-state index contributed by atoms with van der Waals surface area (Å²) >= 11 is 1.29. The molecule has 0 radical (unpaired) electrons. The van der Waals surface area contributed by atoms with Crippen LogP contribution in [0.5, 0.6) is 0 Å². The number of thiophene rings is 1. The molecule has 2 N–H and O–H groups in total. The summed E-state index contributed by atoms with van der Waals surface area (Å²) in [4.78, 5) is 13.3. The van der Waals surface area contributed by atoms with Gasteiger partial charge in [-0.05, 0) is 61.4 Å². The number of primary sulfonamides is 1. The number of sulfonamides is 1. The standard InChI is InChI=1S/C24H35NO3S2/c1-8-24(9-2,21-15-17(4)22(29-21)30(25,27)28)19-12-10-18(16(3)14-19)11-13-20(26)23(5,6)7/h10,12,14-15H,8-9,11,13H2,1-7H3,(H2,25,27,28). The Morgan fingerprint density at radius 2 is 1.63 bits per heavy atom. The van der Waals surface area contributed by atoms with E-state index in [0.717, 1.165) is 24.1 Å². The molecule has 4 nitrogen and oxygen atoms in total. The van der Waals surface area contributed by atoms with E-state index < -0.39 is 10.0 Å². The molecule has 30 heavy (non-hydrogen) atoms. The molecule has 0 saturated heterocycles. The zero-order chi connectivity index (χ0) is 22.9. The van der Waals surface area contributed by atoms with Crippen LogP contribution in [0.4, 0.5) is 0 Å². The van der Waals surface area contributed by atoms with Gasteiger partial charge in [-0.15, -0.1) is 11.3 Å². The fourth-order valence-electron chi connectivity index (χ4n) is 4.03. The van der Waals surface area contributed by atoms with Gasteiger partial charge in [0.15, 0.2) is 0 Å². The van der Waals surface area contributed by atoms with Crippen molar-refractivity contribution in [3.05, 3.63) is 51.4 Å². The van der Waals surface area contributed by atoms with Crippen LogP contribution in [-0.2, 0) is 26.7 Å². The second-order valence-electron chi connectivity index (χ2n) is 9.23. The van der Waals surface area contributed by atoms with Gasteiger partial charge in [-0.3, -0.25) is 4.79 Å². The van der Waals surface area contributed by atoms with E-state index in [2.05, 4.69) is 39.0 Å². The molecule has 2 rings (SSSR count). The molecule has 0 aliphatic carbocycles. The lowest BCUT2D eigenvalue weighted by Crippen LogP contribution is -2.25. The van der Waals surface area contributed by atoms with Gasteiger partial charge in [0, 0.05) is 22.1 Å². The van der Waals surface area contributed by atoms with Crippen LogP contribution in [-0.4, -0.2) is 14.2 Å². The topological polar surface area (TPSA) is 77.2 Å². The van der Waals surface area contributed by atoms with E-state index in [9.17, 15) is 13.2 Å². The van der Waals surface area contributed by atoms with E-state index in [0.29, 0.717) is 12.0 Å². The second-order valence-corrected chi connectivity index (χ2v) is 12.0. The average molecular weight is 450 g/mol. The highest BCUT2D eigenvalue weighted by Gasteiger charge is 2.34. The molecule has 1 aromatic heterocycles. The van der Waals surface area contributed by atoms with Crippen molar-refractivity contribution in [2.45, 2.75) is 83.8 Å². The summed E-state index contributed by atoms with van der Waals surface area (Å²) in [6.45, 7) is 14.0. The smallest absolute Gasteiger partial charge is 0.247 e. The maximum atomic E-state index is 12.3. The second kappa shape index (κ2) is 8.93. The Morgan fingerprint density at radius 1 is 1.03 bits per heavy atom. The van der Waals surface area contributed by atoms with Crippen molar-refractivity contribution in [1.29, 1.82) is 0 Å². The third-order valence-corrected chi connectivity index (χ3v) is 9.18. The summed E-state index contributed by atoms with van der Waals surface area (Å²) in [7, 11) is -3.73. The highest BCUT2D eigenvalue weighted by Crippen LogP contribution is 2.44. The van der Waals surface area contributed by atoms with E-state index in [1.807, 2.05) is 26.8 Å². The van der Waals surface area contributed by atoms with Crippen molar-refractivity contribution in [1.82, 2.24) is 0 Å². The molecule has 0 aliphatic rings. The largest absolute Gasteiger partial charge is 0.299 e. The first-order chi connectivity index (χ1) is 13.8. The predicted molar refractivity (Wildman–Crippen MR) is 126 cm³/mol. The van der Waals surface area contributed by atoms with E-state index in [4.69, 9.17) is 5.14 Å².